The molecule has 10 heteroatoms. The summed E-state index contributed by atoms with van der Waals surface area (Å²) in [6, 6.07) is 39.6. The number of ether oxygens (including phenoxy) is 1. The molecule has 0 atom stereocenters. The van der Waals surface area contributed by atoms with Crippen LogP contribution in [0, 0.1) is 0 Å². The zero-order chi connectivity index (χ0) is 35.3. The van der Waals surface area contributed by atoms with Crippen LogP contribution in [0.4, 0.5) is 11.4 Å². The van der Waals surface area contributed by atoms with Crippen molar-refractivity contribution in [2.45, 2.75) is 19.8 Å². The summed E-state index contributed by atoms with van der Waals surface area (Å²) in [5, 5.41) is 14.3. The maximum atomic E-state index is 12.4. The van der Waals surface area contributed by atoms with Crippen LogP contribution >= 0.6 is 0 Å². The van der Waals surface area contributed by atoms with E-state index in [2.05, 4.69) is 10.6 Å². The van der Waals surface area contributed by atoms with Gasteiger partial charge in [-0.05, 0) is 66.6 Å². The lowest BCUT2D eigenvalue weighted by atomic mass is 10.1. The van der Waals surface area contributed by atoms with Crippen LogP contribution < -0.4 is 10.6 Å². The molecule has 0 radical (unpaired) electrons. The first-order valence-electron chi connectivity index (χ1n) is 15.8. The minimum Gasteiger partial charge on any atom is -0.481 e. The minimum atomic E-state index is -0.919. The molecule has 2 aromatic heterocycles. The molecule has 10 nitrogen and oxygen atoms in total. The van der Waals surface area contributed by atoms with Gasteiger partial charge in [0.05, 0.1) is 19.4 Å². The highest BCUT2D eigenvalue weighted by molar-refractivity contribution is 6.03. The average Bonchev–Trinajstić information content (AvgIpc) is 3.81. The standard InChI is InChI=1S/C21H19NO4.C19H15NO4/c1-2-25-20(23)14-15-7-6-10-17(13-15)22-21(24)19-12-11-18(26-19)16-8-4-3-5-9-16;21-18(22)12-13-5-4-8-15(11-13)20-19(23)17-10-9-16(24-17)14-6-2-1-3-7-14/h3-13H,2,14H2,1H3,(H,22,24);1-11H,12H2,(H,20,23)(H,21,22). The molecular weight excluding hydrogens is 636 g/mol. The molecule has 0 saturated heterocycles. The first-order valence-corrected chi connectivity index (χ1v) is 15.8. The quantitative estimate of drug-likeness (QED) is 0.117. The van der Waals surface area contributed by atoms with Crippen LogP contribution in [0.25, 0.3) is 22.6 Å². The van der Waals surface area contributed by atoms with Gasteiger partial charge in [-0.3, -0.25) is 19.2 Å². The maximum absolute atomic E-state index is 12.4. The van der Waals surface area contributed by atoms with E-state index in [1.54, 1.807) is 73.7 Å². The molecule has 4 aromatic carbocycles. The highest BCUT2D eigenvalue weighted by Crippen LogP contribution is 2.24. The van der Waals surface area contributed by atoms with Gasteiger partial charge in [0.15, 0.2) is 11.5 Å². The third-order valence-electron chi connectivity index (χ3n) is 7.16. The summed E-state index contributed by atoms with van der Waals surface area (Å²) in [6.07, 6.45) is 0.0685. The van der Waals surface area contributed by atoms with Gasteiger partial charge in [-0.15, -0.1) is 0 Å². The molecule has 6 rings (SSSR count). The van der Waals surface area contributed by atoms with Crippen molar-refractivity contribution in [1.29, 1.82) is 0 Å². The number of hydrogen-bond donors (Lipinski definition) is 3. The number of nitrogens with one attached hydrogen (secondary N) is 2. The van der Waals surface area contributed by atoms with Crippen LogP contribution in [0.5, 0.6) is 0 Å². The van der Waals surface area contributed by atoms with Crippen molar-refractivity contribution in [3.63, 3.8) is 0 Å². The van der Waals surface area contributed by atoms with Crippen molar-refractivity contribution in [3.8, 4) is 22.6 Å². The predicted molar refractivity (Wildman–Crippen MR) is 189 cm³/mol. The molecule has 0 aliphatic rings. The van der Waals surface area contributed by atoms with E-state index >= 15 is 0 Å². The van der Waals surface area contributed by atoms with Crippen LogP contribution in [0.3, 0.4) is 0 Å². The maximum Gasteiger partial charge on any atom is 0.310 e. The summed E-state index contributed by atoms with van der Waals surface area (Å²) in [7, 11) is 0. The molecule has 0 bridgehead atoms. The van der Waals surface area contributed by atoms with E-state index in [-0.39, 0.29) is 42.1 Å². The Kier molecular flexibility index (Phi) is 11.7. The van der Waals surface area contributed by atoms with Gasteiger partial charge in [-0.2, -0.15) is 0 Å². The zero-order valence-electron chi connectivity index (χ0n) is 27.1. The number of amides is 2. The van der Waals surface area contributed by atoms with Crippen LogP contribution in [-0.4, -0.2) is 35.5 Å². The van der Waals surface area contributed by atoms with Gasteiger partial charge in [0.1, 0.15) is 11.5 Å². The second kappa shape index (κ2) is 16.9. The smallest absolute Gasteiger partial charge is 0.310 e. The molecule has 2 amide bonds. The Morgan fingerprint density at radius 1 is 0.580 bits per heavy atom. The number of hydrogen-bond acceptors (Lipinski definition) is 7. The van der Waals surface area contributed by atoms with E-state index in [0.29, 0.717) is 35.1 Å². The molecule has 0 aliphatic heterocycles. The van der Waals surface area contributed by atoms with Gasteiger partial charge in [0, 0.05) is 22.5 Å². The van der Waals surface area contributed by atoms with E-state index in [9.17, 15) is 19.2 Å². The normalized spacial score (nSPS) is 10.3. The number of anilines is 2. The lowest BCUT2D eigenvalue weighted by molar-refractivity contribution is -0.142. The van der Waals surface area contributed by atoms with Gasteiger partial charge in [0.25, 0.3) is 11.8 Å². The molecule has 2 heterocycles. The number of carbonyl (C=O) groups excluding carboxylic acids is 3. The van der Waals surface area contributed by atoms with E-state index in [1.807, 2.05) is 66.7 Å². The third kappa shape index (κ3) is 9.91. The van der Waals surface area contributed by atoms with Crippen molar-refractivity contribution < 1.29 is 37.9 Å². The molecule has 0 spiro atoms. The molecular formula is C40H34N2O8. The minimum absolute atomic E-state index is 0.0946. The number of aliphatic carboxylic acids is 1. The monoisotopic (exact) mass is 670 g/mol. The fraction of sp³-hybridized carbons (Fsp3) is 0.100. The fourth-order valence-electron chi connectivity index (χ4n) is 4.89. The fourth-order valence-corrected chi connectivity index (χ4v) is 4.89. The molecule has 0 unspecified atom stereocenters. The summed E-state index contributed by atoms with van der Waals surface area (Å²) >= 11 is 0. The van der Waals surface area contributed by atoms with Crippen molar-refractivity contribution in [1.82, 2.24) is 0 Å². The molecule has 0 aliphatic carbocycles. The van der Waals surface area contributed by atoms with E-state index in [0.717, 1.165) is 16.7 Å². The van der Waals surface area contributed by atoms with E-state index in [4.69, 9.17) is 18.7 Å². The summed E-state index contributed by atoms with van der Waals surface area (Å²) < 4.78 is 16.2. The molecule has 3 N–H and O–H groups in total. The second-order valence-corrected chi connectivity index (χ2v) is 10.9. The Hall–Kier alpha value is -6.68. The highest BCUT2D eigenvalue weighted by Gasteiger charge is 2.15. The van der Waals surface area contributed by atoms with Crippen LogP contribution in [0.15, 0.2) is 142 Å². The van der Waals surface area contributed by atoms with Crippen LogP contribution in [-0.2, 0) is 27.2 Å². The van der Waals surface area contributed by atoms with Crippen LogP contribution in [0.2, 0.25) is 0 Å². The highest BCUT2D eigenvalue weighted by atomic mass is 16.5. The van der Waals surface area contributed by atoms with E-state index in [1.165, 1.54) is 0 Å². The summed E-state index contributed by atoms with van der Waals surface area (Å²) in [5.41, 5.74) is 4.30. The Labute approximate surface area is 288 Å². The Morgan fingerprint density at radius 2 is 1.04 bits per heavy atom. The van der Waals surface area contributed by atoms with Crippen molar-refractivity contribution in [2.24, 2.45) is 0 Å². The third-order valence-corrected chi connectivity index (χ3v) is 7.16. The Morgan fingerprint density at radius 3 is 1.48 bits per heavy atom. The van der Waals surface area contributed by atoms with Gasteiger partial charge < -0.3 is 29.3 Å². The number of rotatable bonds is 11. The van der Waals surface area contributed by atoms with E-state index < -0.39 is 5.97 Å². The predicted octanol–water partition coefficient (Wildman–Crippen LogP) is 8.13. The number of carbonyl (C=O) groups is 4. The molecule has 50 heavy (non-hydrogen) atoms. The molecule has 252 valence electrons. The van der Waals surface area contributed by atoms with Crippen molar-refractivity contribution >= 4 is 35.1 Å². The summed E-state index contributed by atoms with van der Waals surface area (Å²) in [4.78, 5) is 47.0. The molecule has 0 saturated carbocycles. The molecule has 0 fully saturated rings. The van der Waals surface area contributed by atoms with Crippen molar-refractivity contribution in [3.05, 3.63) is 156 Å². The van der Waals surface area contributed by atoms with Gasteiger partial charge in [-0.25, -0.2) is 0 Å². The molecule has 6 aromatic rings. The van der Waals surface area contributed by atoms with Gasteiger partial charge in [0.2, 0.25) is 0 Å². The van der Waals surface area contributed by atoms with Crippen LogP contribution in [0.1, 0.15) is 39.2 Å². The first-order chi connectivity index (χ1) is 24.3. The number of benzene rings is 4. The lowest BCUT2D eigenvalue weighted by Crippen LogP contribution is -2.12. The second-order valence-electron chi connectivity index (χ2n) is 10.9. The Balaban J connectivity index is 0.000000195. The van der Waals surface area contributed by atoms with Gasteiger partial charge >= 0.3 is 11.9 Å². The number of furan rings is 2. The zero-order valence-corrected chi connectivity index (χ0v) is 27.1. The summed E-state index contributed by atoms with van der Waals surface area (Å²) in [5.74, 6) is -0.291. The largest absolute Gasteiger partial charge is 0.481 e. The van der Waals surface area contributed by atoms with Gasteiger partial charge in [-0.1, -0.05) is 84.9 Å². The number of carboxylic acids is 1. The topological polar surface area (TPSA) is 148 Å². The lowest BCUT2D eigenvalue weighted by Gasteiger charge is -2.06. The summed E-state index contributed by atoms with van der Waals surface area (Å²) in [6.45, 7) is 2.11. The average molecular weight is 671 g/mol. The Bertz CT molecular complexity index is 2070. The SMILES string of the molecule is CCOC(=O)Cc1cccc(NC(=O)c2ccc(-c3ccccc3)o2)c1.O=C(O)Cc1cccc(NC(=O)c2ccc(-c3ccccc3)o2)c1. The van der Waals surface area contributed by atoms with Crippen molar-refractivity contribution in [2.75, 3.05) is 17.2 Å². The number of esters is 1. The number of carboxylic acid groups (broad SMARTS) is 1. The first kappa shape index (κ1) is 34.6.